The number of hydrogen-bond donors (Lipinski definition) is 2. The SMILES string of the molecule is Cc1cnc(N)nc1NC1CCOC1C. The Morgan fingerprint density at radius 1 is 1.60 bits per heavy atom. The summed E-state index contributed by atoms with van der Waals surface area (Å²) in [5, 5.41) is 3.34. The van der Waals surface area contributed by atoms with Crippen LogP contribution in [-0.4, -0.2) is 28.7 Å². The zero-order valence-electron chi connectivity index (χ0n) is 9.03. The quantitative estimate of drug-likeness (QED) is 0.757. The summed E-state index contributed by atoms with van der Waals surface area (Å²) in [6, 6.07) is 0.318. The van der Waals surface area contributed by atoms with E-state index in [0.29, 0.717) is 12.0 Å². The molecule has 0 amide bonds. The normalized spacial score (nSPS) is 25.5. The summed E-state index contributed by atoms with van der Waals surface area (Å²) < 4.78 is 5.47. The van der Waals surface area contributed by atoms with Gasteiger partial charge in [0.05, 0.1) is 12.1 Å². The summed E-state index contributed by atoms with van der Waals surface area (Å²) in [7, 11) is 0. The topological polar surface area (TPSA) is 73.1 Å². The maximum atomic E-state index is 5.54. The predicted molar refractivity (Wildman–Crippen MR) is 58.6 cm³/mol. The van der Waals surface area contributed by atoms with Crippen molar-refractivity contribution in [2.75, 3.05) is 17.7 Å². The second-order valence-corrected chi connectivity index (χ2v) is 3.88. The third-order valence-corrected chi connectivity index (χ3v) is 2.69. The number of aryl methyl sites for hydroxylation is 1. The Labute approximate surface area is 89.1 Å². The summed E-state index contributed by atoms with van der Waals surface area (Å²) in [4.78, 5) is 8.10. The number of nitrogen functional groups attached to an aromatic ring is 1. The fourth-order valence-corrected chi connectivity index (χ4v) is 1.70. The minimum atomic E-state index is 0.223. The molecule has 1 aliphatic rings. The molecule has 1 aromatic rings. The average Bonchev–Trinajstić information content (AvgIpc) is 2.58. The van der Waals surface area contributed by atoms with Gasteiger partial charge in [-0.1, -0.05) is 0 Å². The second kappa shape index (κ2) is 4.02. The van der Waals surface area contributed by atoms with Crippen molar-refractivity contribution in [3.63, 3.8) is 0 Å². The maximum absolute atomic E-state index is 5.54. The number of hydrogen-bond acceptors (Lipinski definition) is 5. The summed E-state index contributed by atoms with van der Waals surface area (Å²) in [5.41, 5.74) is 6.55. The zero-order chi connectivity index (χ0) is 10.8. The van der Waals surface area contributed by atoms with E-state index in [1.807, 2.05) is 6.92 Å². The van der Waals surface area contributed by atoms with Gasteiger partial charge in [-0.15, -0.1) is 0 Å². The molecule has 2 unspecified atom stereocenters. The second-order valence-electron chi connectivity index (χ2n) is 3.88. The molecule has 2 rings (SSSR count). The highest BCUT2D eigenvalue weighted by Crippen LogP contribution is 2.19. The van der Waals surface area contributed by atoms with Crippen molar-refractivity contribution in [2.45, 2.75) is 32.4 Å². The molecule has 3 N–H and O–H groups in total. The monoisotopic (exact) mass is 208 g/mol. The van der Waals surface area contributed by atoms with Crippen LogP contribution in [0.1, 0.15) is 18.9 Å². The molecule has 15 heavy (non-hydrogen) atoms. The van der Waals surface area contributed by atoms with Crippen molar-refractivity contribution in [3.05, 3.63) is 11.8 Å². The smallest absolute Gasteiger partial charge is 0.221 e. The van der Waals surface area contributed by atoms with Crippen LogP contribution >= 0.6 is 0 Å². The Kier molecular flexibility index (Phi) is 2.73. The van der Waals surface area contributed by atoms with Crippen molar-refractivity contribution in [2.24, 2.45) is 0 Å². The fraction of sp³-hybridized carbons (Fsp3) is 0.600. The molecule has 82 valence electrons. The lowest BCUT2D eigenvalue weighted by atomic mass is 10.1. The van der Waals surface area contributed by atoms with Gasteiger partial charge in [0.25, 0.3) is 0 Å². The van der Waals surface area contributed by atoms with Gasteiger partial charge < -0.3 is 15.8 Å². The molecule has 1 saturated heterocycles. The largest absolute Gasteiger partial charge is 0.376 e. The van der Waals surface area contributed by atoms with E-state index in [-0.39, 0.29) is 6.10 Å². The Balaban J connectivity index is 2.12. The molecular formula is C10H16N4O. The number of nitrogens with two attached hydrogens (primary N) is 1. The number of ether oxygens (including phenoxy) is 1. The highest BCUT2D eigenvalue weighted by molar-refractivity contribution is 5.46. The van der Waals surface area contributed by atoms with E-state index in [1.165, 1.54) is 0 Å². The molecule has 5 nitrogen and oxygen atoms in total. The summed E-state index contributed by atoms with van der Waals surface area (Å²) in [5.74, 6) is 1.11. The molecule has 1 fully saturated rings. The first kappa shape index (κ1) is 10.2. The molecule has 0 aromatic carbocycles. The van der Waals surface area contributed by atoms with Gasteiger partial charge >= 0.3 is 0 Å². The van der Waals surface area contributed by atoms with Crippen molar-refractivity contribution in [1.29, 1.82) is 0 Å². The van der Waals surface area contributed by atoms with Crippen LogP contribution in [0.4, 0.5) is 11.8 Å². The van der Waals surface area contributed by atoms with Crippen LogP contribution in [0, 0.1) is 6.92 Å². The van der Waals surface area contributed by atoms with Crippen molar-refractivity contribution < 1.29 is 4.74 Å². The Bertz CT molecular complexity index is 355. The molecule has 0 radical (unpaired) electrons. The fourth-order valence-electron chi connectivity index (χ4n) is 1.70. The van der Waals surface area contributed by atoms with Crippen molar-refractivity contribution >= 4 is 11.8 Å². The third kappa shape index (κ3) is 2.18. The van der Waals surface area contributed by atoms with Gasteiger partial charge in [0.2, 0.25) is 5.95 Å². The summed E-state index contributed by atoms with van der Waals surface area (Å²) in [6.45, 7) is 4.82. The number of rotatable bonds is 2. The van der Waals surface area contributed by atoms with E-state index >= 15 is 0 Å². The van der Waals surface area contributed by atoms with Crippen LogP contribution in [0.5, 0.6) is 0 Å². The molecular weight excluding hydrogens is 192 g/mol. The van der Waals surface area contributed by atoms with Gasteiger partial charge in [-0.3, -0.25) is 0 Å². The molecule has 0 bridgehead atoms. The predicted octanol–water partition coefficient (Wildman–Crippen LogP) is 0.957. The highest BCUT2D eigenvalue weighted by atomic mass is 16.5. The van der Waals surface area contributed by atoms with Crippen molar-refractivity contribution in [1.82, 2.24) is 9.97 Å². The van der Waals surface area contributed by atoms with Crippen LogP contribution in [0.15, 0.2) is 6.20 Å². The minimum absolute atomic E-state index is 0.223. The van der Waals surface area contributed by atoms with E-state index in [2.05, 4.69) is 22.2 Å². The lowest BCUT2D eigenvalue weighted by molar-refractivity contribution is 0.121. The van der Waals surface area contributed by atoms with Crippen LogP contribution in [0.2, 0.25) is 0 Å². The van der Waals surface area contributed by atoms with Crippen LogP contribution < -0.4 is 11.1 Å². The molecule has 1 aliphatic heterocycles. The zero-order valence-corrected chi connectivity index (χ0v) is 9.03. The van der Waals surface area contributed by atoms with Crippen molar-refractivity contribution in [3.8, 4) is 0 Å². The lowest BCUT2D eigenvalue weighted by Gasteiger charge is -2.17. The molecule has 2 atom stereocenters. The summed E-state index contributed by atoms with van der Waals surface area (Å²) in [6.07, 6.45) is 2.95. The first-order chi connectivity index (χ1) is 7.16. The molecule has 0 saturated carbocycles. The van der Waals surface area contributed by atoms with Crippen LogP contribution in [0.3, 0.4) is 0 Å². The molecule has 1 aromatic heterocycles. The third-order valence-electron chi connectivity index (χ3n) is 2.69. The van der Waals surface area contributed by atoms with E-state index in [1.54, 1.807) is 6.20 Å². The summed E-state index contributed by atoms with van der Waals surface area (Å²) >= 11 is 0. The maximum Gasteiger partial charge on any atom is 0.221 e. The standard InChI is InChI=1S/C10H16N4O/c1-6-5-12-10(11)14-9(6)13-8-3-4-15-7(8)2/h5,7-8H,3-4H2,1-2H3,(H3,11,12,13,14). The van der Waals surface area contributed by atoms with E-state index in [9.17, 15) is 0 Å². The number of anilines is 2. The average molecular weight is 208 g/mol. The van der Waals surface area contributed by atoms with E-state index in [4.69, 9.17) is 10.5 Å². The first-order valence-electron chi connectivity index (χ1n) is 5.14. The van der Waals surface area contributed by atoms with E-state index < -0.39 is 0 Å². The first-order valence-corrected chi connectivity index (χ1v) is 5.14. The molecule has 0 spiro atoms. The molecule has 2 heterocycles. The van der Waals surface area contributed by atoms with Crippen LogP contribution in [-0.2, 0) is 4.74 Å². The van der Waals surface area contributed by atoms with Gasteiger partial charge in [0.1, 0.15) is 5.82 Å². The Morgan fingerprint density at radius 3 is 3.07 bits per heavy atom. The molecule has 5 heteroatoms. The van der Waals surface area contributed by atoms with Gasteiger partial charge in [0.15, 0.2) is 0 Å². The Morgan fingerprint density at radius 2 is 2.40 bits per heavy atom. The minimum Gasteiger partial charge on any atom is -0.376 e. The van der Waals surface area contributed by atoms with Gasteiger partial charge in [-0.2, -0.15) is 4.98 Å². The highest BCUT2D eigenvalue weighted by Gasteiger charge is 2.24. The van der Waals surface area contributed by atoms with E-state index in [0.717, 1.165) is 24.4 Å². The number of nitrogens with zero attached hydrogens (tertiary/aromatic N) is 2. The number of aromatic nitrogens is 2. The lowest BCUT2D eigenvalue weighted by Crippen LogP contribution is -2.27. The Hall–Kier alpha value is -1.36. The van der Waals surface area contributed by atoms with Gasteiger partial charge in [0, 0.05) is 18.4 Å². The number of nitrogens with one attached hydrogen (secondary N) is 1. The van der Waals surface area contributed by atoms with Crippen LogP contribution in [0.25, 0.3) is 0 Å². The molecule has 0 aliphatic carbocycles. The van der Waals surface area contributed by atoms with Gasteiger partial charge in [-0.25, -0.2) is 4.98 Å². The van der Waals surface area contributed by atoms with Gasteiger partial charge in [-0.05, 0) is 20.3 Å².